The highest BCUT2D eigenvalue weighted by Crippen LogP contribution is 2.33. The summed E-state index contributed by atoms with van der Waals surface area (Å²) in [6.45, 7) is 3.84. The first kappa shape index (κ1) is 12.9. The number of carbonyl (C=O) groups excluding carboxylic acids is 2. The fourth-order valence-corrected chi connectivity index (χ4v) is 3.07. The highest BCUT2D eigenvalue weighted by atomic mass is 16.5. The van der Waals surface area contributed by atoms with Crippen molar-refractivity contribution in [2.24, 2.45) is 11.8 Å². The van der Waals surface area contributed by atoms with Crippen LogP contribution in [-0.2, 0) is 14.3 Å². The van der Waals surface area contributed by atoms with E-state index in [1.165, 1.54) is 12.8 Å². The third kappa shape index (κ3) is 2.91. The number of likely N-dealkylation sites (tertiary alicyclic amines) is 1. The van der Waals surface area contributed by atoms with Gasteiger partial charge in [-0.3, -0.25) is 9.59 Å². The molecule has 2 heterocycles. The predicted octanol–water partition coefficient (Wildman–Crippen LogP) is 0.539. The molecule has 0 spiro atoms. The van der Waals surface area contributed by atoms with Crippen LogP contribution in [0.25, 0.3) is 0 Å². The Kier molecular flexibility index (Phi) is 3.48. The van der Waals surface area contributed by atoms with E-state index in [-0.39, 0.29) is 24.0 Å². The Morgan fingerprint density at radius 2 is 2.11 bits per heavy atom. The van der Waals surface area contributed by atoms with Gasteiger partial charge in [0.15, 0.2) is 0 Å². The van der Waals surface area contributed by atoms with Crippen molar-refractivity contribution in [2.45, 2.75) is 44.8 Å². The lowest BCUT2D eigenvalue weighted by atomic mass is 9.91. The summed E-state index contributed by atoms with van der Waals surface area (Å²) in [4.78, 5) is 25.2. The molecule has 3 aliphatic rings. The molecule has 106 valence electrons. The molecule has 3 atom stereocenters. The van der Waals surface area contributed by atoms with Gasteiger partial charge < -0.3 is 15.0 Å². The Bertz CT molecular complexity index is 381. The van der Waals surface area contributed by atoms with E-state index in [1.807, 2.05) is 4.90 Å². The molecular formula is C14H22N2O3. The molecule has 3 rings (SSSR count). The van der Waals surface area contributed by atoms with Crippen LogP contribution in [0.5, 0.6) is 0 Å². The van der Waals surface area contributed by atoms with Gasteiger partial charge in [0.05, 0.1) is 6.10 Å². The molecule has 2 saturated heterocycles. The fourth-order valence-electron chi connectivity index (χ4n) is 3.07. The van der Waals surface area contributed by atoms with Gasteiger partial charge in [-0.25, -0.2) is 0 Å². The van der Waals surface area contributed by atoms with Crippen LogP contribution in [0.3, 0.4) is 0 Å². The van der Waals surface area contributed by atoms with E-state index in [0.29, 0.717) is 18.4 Å². The zero-order valence-electron chi connectivity index (χ0n) is 11.4. The molecule has 0 aromatic carbocycles. The lowest BCUT2D eigenvalue weighted by molar-refractivity contribution is -0.136. The number of piperidine rings is 1. The number of fused-ring (bicyclic) bond motifs is 1. The van der Waals surface area contributed by atoms with E-state index in [1.54, 1.807) is 6.92 Å². The predicted molar refractivity (Wildman–Crippen MR) is 69.4 cm³/mol. The zero-order chi connectivity index (χ0) is 13.4. The molecule has 1 saturated carbocycles. The Morgan fingerprint density at radius 3 is 2.79 bits per heavy atom. The molecule has 0 bridgehead atoms. The monoisotopic (exact) mass is 266 g/mol. The lowest BCUT2D eigenvalue weighted by Crippen LogP contribution is -2.44. The van der Waals surface area contributed by atoms with Crippen LogP contribution in [0.1, 0.15) is 32.6 Å². The smallest absolute Gasteiger partial charge is 0.249 e. The van der Waals surface area contributed by atoms with Gasteiger partial charge in [-0.1, -0.05) is 0 Å². The Balaban J connectivity index is 1.51. The van der Waals surface area contributed by atoms with E-state index in [9.17, 15) is 9.59 Å². The third-order valence-corrected chi connectivity index (χ3v) is 4.55. The number of nitrogens with one attached hydrogen (secondary N) is 1. The largest absolute Gasteiger partial charge is 0.363 e. The molecule has 5 heteroatoms. The van der Waals surface area contributed by atoms with Crippen LogP contribution < -0.4 is 5.32 Å². The minimum atomic E-state index is -0.305. The molecule has 0 aromatic rings. The first-order valence-corrected chi connectivity index (χ1v) is 7.32. The first-order valence-electron chi connectivity index (χ1n) is 7.32. The maximum atomic E-state index is 12.0. The zero-order valence-corrected chi connectivity index (χ0v) is 11.4. The van der Waals surface area contributed by atoms with Crippen LogP contribution >= 0.6 is 0 Å². The lowest BCUT2D eigenvalue weighted by Gasteiger charge is -2.33. The number of nitrogens with zero attached hydrogens (tertiary/aromatic N) is 1. The summed E-state index contributed by atoms with van der Waals surface area (Å²) in [6.07, 6.45) is 3.99. The van der Waals surface area contributed by atoms with Crippen LogP contribution in [0, 0.1) is 11.8 Å². The van der Waals surface area contributed by atoms with Gasteiger partial charge in [-0.15, -0.1) is 0 Å². The summed E-state index contributed by atoms with van der Waals surface area (Å²) in [6, 6.07) is 0. The molecular weight excluding hydrogens is 244 g/mol. The summed E-state index contributed by atoms with van der Waals surface area (Å²) in [5.41, 5.74) is 0. The second-order valence-corrected chi connectivity index (χ2v) is 6.10. The average molecular weight is 266 g/mol. The van der Waals surface area contributed by atoms with Crippen molar-refractivity contribution in [3.05, 3.63) is 0 Å². The topological polar surface area (TPSA) is 58.6 Å². The van der Waals surface area contributed by atoms with E-state index in [2.05, 4.69) is 5.32 Å². The second-order valence-electron chi connectivity index (χ2n) is 6.10. The van der Waals surface area contributed by atoms with Gasteiger partial charge in [0, 0.05) is 26.6 Å². The highest BCUT2D eigenvalue weighted by molar-refractivity contribution is 5.81. The number of carbonyl (C=O) groups is 2. The van der Waals surface area contributed by atoms with Crippen LogP contribution in [-0.4, -0.2) is 48.6 Å². The molecule has 1 aliphatic carbocycles. The quantitative estimate of drug-likeness (QED) is 0.811. The maximum Gasteiger partial charge on any atom is 0.249 e. The minimum Gasteiger partial charge on any atom is -0.363 e. The first-order chi connectivity index (χ1) is 9.13. The fraction of sp³-hybridized carbons (Fsp3) is 0.857. The van der Waals surface area contributed by atoms with Crippen LogP contribution in [0.15, 0.2) is 0 Å². The molecule has 0 aromatic heterocycles. The van der Waals surface area contributed by atoms with Gasteiger partial charge in [0.25, 0.3) is 0 Å². The van der Waals surface area contributed by atoms with Crippen molar-refractivity contribution in [3.8, 4) is 0 Å². The van der Waals surface area contributed by atoms with Gasteiger partial charge in [0.1, 0.15) is 6.10 Å². The van der Waals surface area contributed by atoms with Gasteiger partial charge in [-0.2, -0.15) is 0 Å². The number of rotatable bonds is 3. The molecule has 2 aliphatic heterocycles. The molecule has 0 unspecified atom stereocenters. The summed E-state index contributed by atoms with van der Waals surface area (Å²) < 4.78 is 5.85. The van der Waals surface area contributed by atoms with E-state index in [0.717, 1.165) is 25.9 Å². The summed E-state index contributed by atoms with van der Waals surface area (Å²) in [7, 11) is 0. The Labute approximate surface area is 113 Å². The van der Waals surface area contributed by atoms with Crippen LogP contribution in [0.2, 0.25) is 0 Å². The summed E-state index contributed by atoms with van der Waals surface area (Å²) >= 11 is 0. The highest BCUT2D eigenvalue weighted by Gasteiger charge is 2.42. The van der Waals surface area contributed by atoms with Crippen molar-refractivity contribution in [3.63, 3.8) is 0 Å². The number of ether oxygens (including phenoxy) is 1. The maximum absolute atomic E-state index is 12.0. The van der Waals surface area contributed by atoms with Gasteiger partial charge >= 0.3 is 0 Å². The molecule has 0 radical (unpaired) electrons. The molecule has 2 amide bonds. The van der Waals surface area contributed by atoms with Crippen molar-refractivity contribution < 1.29 is 14.3 Å². The van der Waals surface area contributed by atoms with Crippen molar-refractivity contribution in [1.82, 2.24) is 10.2 Å². The van der Waals surface area contributed by atoms with Crippen LogP contribution in [0.4, 0.5) is 0 Å². The van der Waals surface area contributed by atoms with Crippen molar-refractivity contribution in [2.75, 3.05) is 19.6 Å². The Morgan fingerprint density at radius 1 is 1.32 bits per heavy atom. The number of hydrogen-bond acceptors (Lipinski definition) is 3. The Hall–Kier alpha value is -1.10. The normalized spacial score (nSPS) is 33.9. The van der Waals surface area contributed by atoms with E-state index < -0.39 is 0 Å². The van der Waals surface area contributed by atoms with E-state index >= 15 is 0 Å². The SMILES string of the molecule is CC(=O)N1CC[C@H]2C[C@H](C(=O)NCC3CC3)O[C@H]2C1. The second kappa shape index (κ2) is 5.12. The number of hydrogen-bond donors (Lipinski definition) is 1. The van der Waals surface area contributed by atoms with Gasteiger partial charge in [0.2, 0.25) is 11.8 Å². The number of amides is 2. The molecule has 19 heavy (non-hydrogen) atoms. The molecule has 5 nitrogen and oxygen atoms in total. The summed E-state index contributed by atoms with van der Waals surface area (Å²) in [5, 5.41) is 2.99. The minimum absolute atomic E-state index is 0.0377. The standard InChI is InChI=1S/C14H22N2O3/c1-9(17)16-5-4-11-6-12(19-13(11)8-16)14(18)15-7-10-2-3-10/h10-13H,2-8H2,1H3,(H,15,18)/t11-,12+,13-/m0/s1. The molecule has 1 N–H and O–H groups in total. The molecule has 3 fully saturated rings. The third-order valence-electron chi connectivity index (χ3n) is 4.55. The summed E-state index contributed by atoms with van der Waals surface area (Å²) in [5.74, 6) is 1.27. The van der Waals surface area contributed by atoms with Crippen molar-refractivity contribution in [1.29, 1.82) is 0 Å². The van der Waals surface area contributed by atoms with E-state index in [4.69, 9.17) is 4.74 Å². The average Bonchev–Trinajstić information content (AvgIpc) is 3.12. The van der Waals surface area contributed by atoms with Gasteiger partial charge in [-0.05, 0) is 37.5 Å². The van der Waals surface area contributed by atoms with Crippen molar-refractivity contribution >= 4 is 11.8 Å².